The van der Waals surface area contributed by atoms with Crippen LogP contribution in [0.2, 0.25) is 0 Å². The van der Waals surface area contributed by atoms with Gasteiger partial charge in [-0.2, -0.15) is 5.10 Å². The van der Waals surface area contributed by atoms with Gasteiger partial charge in [-0.3, -0.25) is 9.59 Å². The number of aliphatic hydroxyl groups excluding tert-OH is 1. The predicted molar refractivity (Wildman–Crippen MR) is 92.4 cm³/mol. The van der Waals surface area contributed by atoms with Crippen LogP contribution in [0.25, 0.3) is 5.69 Å². The van der Waals surface area contributed by atoms with Crippen molar-refractivity contribution in [2.24, 2.45) is 0 Å². The van der Waals surface area contributed by atoms with Crippen LogP contribution in [0.5, 0.6) is 0 Å². The van der Waals surface area contributed by atoms with Gasteiger partial charge in [-0.25, -0.2) is 9.07 Å². The minimum absolute atomic E-state index is 0.0919. The maximum absolute atomic E-state index is 14.0. The van der Waals surface area contributed by atoms with E-state index in [0.717, 1.165) is 0 Å². The number of aryl methyl sites for hydroxylation is 1. The number of carbonyl (C=O) groups excluding carboxylic acids is 1. The van der Waals surface area contributed by atoms with Gasteiger partial charge in [-0.15, -0.1) is 0 Å². The number of benzene rings is 1. The number of aliphatic hydroxyl groups is 1. The molecule has 0 fully saturated rings. The second-order valence-corrected chi connectivity index (χ2v) is 6.20. The van der Waals surface area contributed by atoms with Gasteiger partial charge in [-0.1, -0.05) is 19.1 Å². The number of hydrogen-bond donors (Lipinski definition) is 2. The fourth-order valence-electron chi connectivity index (χ4n) is 2.48. The number of rotatable bonds is 6. The Balaban J connectivity index is 2.46. The molecule has 1 amide bonds. The monoisotopic (exact) mass is 347 g/mol. The Hall–Kier alpha value is -2.54. The zero-order valence-corrected chi connectivity index (χ0v) is 14.5. The molecule has 1 unspecified atom stereocenters. The first-order chi connectivity index (χ1) is 11.8. The lowest BCUT2D eigenvalue weighted by molar-refractivity contribution is 0.0878. The summed E-state index contributed by atoms with van der Waals surface area (Å²) in [5, 5.41) is 16.0. The third-order valence-corrected chi connectivity index (χ3v) is 4.26. The van der Waals surface area contributed by atoms with Crippen molar-refractivity contribution in [1.82, 2.24) is 15.1 Å². The van der Waals surface area contributed by atoms with Crippen molar-refractivity contribution in [3.63, 3.8) is 0 Å². The molecule has 134 valence electrons. The Kier molecular flexibility index (Phi) is 5.69. The number of para-hydroxylation sites is 1. The van der Waals surface area contributed by atoms with Gasteiger partial charge >= 0.3 is 0 Å². The van der Waals surface area contributed by atoms with Crippen LogP contribution in [0.3, 0.4) is 0 Å². The number of carbonyl (C=O) groups is 1. The molecule has 0 saturated heterocycles. The van der Waals surface area contributed by atoms with Crippen molar-refractivity contribution in [3.8, 4) is 5.69 Å². The first-order valence-electron chi connectivity index (χ1n) is 8.10. The Morgan fingerprint density at radius 3 is 2.68 bits per heavy atom. The summed E-state index contributed by atoms with van der Waals surface area (Å²) in [6.45, 7) is 5.18. The van der Waals surface area contributed by atoms with Crippen molar-refractivity contribution in [2.45, 2.75) is 39.2 Å². The molecule has 1 atom stereocenters. The van der Waals surface area contributed by atoms with Crippen LogP contribution in [-0.2, 0) is 0 Å². The molecular weight excluding hydrogens is 325 g/mol. The summed E-state index contributed by atoms with van der Waals surface area (Å²) in [6.07, 6.45) is 0.926. The Labute approximate surface area is 145 Å². The maximum atomic E-state index is 14.0. The van der Waals surface area contributed by atoms with E-state index in [1.165, 1.54) is 22.9 Å². The van der Waals surface area contributed by atoms with Crippen molar-refractivity contribution < 1.29 is 14.3 Å². The lowest BCUT2D eigenvalue weighted by atomic mass is 9.94. The number of aromatic nitrogens is 2. The molecule has 2 N–H and O–H groups in total. The molecular formula is C18H22FN3O3. The van der Waals surface area contributed by atoms with E-state index < -0.39 is 22.7 Å². The van der Waals surface area contributed by atoms with E-state index in [1.54, 1.807) is 26.0 Å². The minimum atomic E-state index is -0.659. The van der Waals surface area contributed by atoms with Gasteiger partial charge in [0, 0.05) is 23.9 Å². The fraction of sp³-hybridized carbons (Fsp3) is 0.389. The normalized spacial score (nSPS) is 13.3. The van der Waals surface area contributed by atoms with E-state index in [4.69, 9.17) is 5.11 Å². The van der Waals surface area contributed by atoms with E-state index in [0.29, 0.717) is 18.5 Å². The third-order valence-electron chi connectivity index (χ3n) is 4.26. The minimum Gasteiger partial charge on any atom is -0.396 e. The van der Waals surface area contributed by atoms with Crippen LogP contribution >= 0.6 is 0 Å². The fourth-order valence-corrected chi connectivity index (χ4v) is 2.48. The molecule has 0 aliphatic rings. The highest BCUT2D eigenvalue weighted by Gasteiger charge is 2.26. The summed E-state index contributed by atoms with van der Waals surface area (Å²) >= 11 is 0. The van der Waals surface area contributed by atoms with Gasteiger partial charge in [0.15, 0.2) is 5.69 Å². The summed E-state index contributed by atoms with van der Waals surface area (Å²) in [5.41, 5.74) is -0.937. The van der Waals surface area contributed by atoms with Crippen molar-refractivity contribution in [2.75, 3.05) is 6.61 Å². The van der Waals surface area contributed by atoms with E-state index in [2.05, 4.69) is 10.4 Å². The largest absolute Gasteiger partial charge is 0.396 e. The van der Waals surface area contributed by atoms with Crippen molar-refractivity contribution in [1.29, 1.82) is 0 Å². The number of amides is 1. The molecule has 2 aromatic rings. The quantitative estimate of drug-likeness (QED) is 0.837. The first-order valence-corrected chi connectivity index (χ1v) is 8.10. The van der Waals surface area contributed by atoms with Gasteiger partial charge in [0.25, 0.3) is 5.91 Å². The lowest BCUT2D eigenvalue weighted by Gasteiger charge is -2.28. The molecule has 1 aromatic heterocycles. The Morgan fingerprint density at radius 2 is 2.08 bits per heavy atom. The first kappa shape index (κ1) is 18.8. The summed E-state index contributed by atoms with van der Waals surface area (Å²) in [5.74, 6) is -1.15. The molecule has 1 aromatic carbocycles. The van der Waals surface area contributed by atoms with Crippen LogP contribution in [0.1, 0.15) is 42.9 Å². The van der Waals surface area contributed by atoms with E-state index in [1.807, 2.05) is 6.92 Å². The van der Waals surface area contributed by atoms with Crippen LogP contribution in [0.4, 0.5) is 4.39 Å². The van der Waals surface area contributed by atoms with Crippen molar-refractivity contribution in [3.05, 3.63) is 57.8 Å². The van der Waals surface area contributed by atoms with Gasteiger partial charge < -0.3 is 10.4 Å². The Bertz CT molecular complexity index is 835. The summed E-state index contributed by atoms with van der Waals surface area (Å²) < 4.78 is 15.3. The molecule has 0 spiro atoms. The Morgan fingerprint density at radius 1 is 1.40 bits per heavy atom. The summed E-state index contributed by atoms with van der Waals surface area (Å²) in [4.78, 5) is 24.7. The highest BCUT2D eigenvalue weighted by atomic mass is 19.1. The average Bonchev–Trinajstić information content (AvgIpc) is 2.56. The van der Waals surface area contributed by atoms with Crippen molar-refractivity contribution >= 4 is 5.91 Å². The zero-order valence-electron chi connectivity index (χ0n) is 14.5. The predicted octanol–water partition coefficient (Wildman–Crippen LogP) is 1.96. The number of nitrogens with one attached hydrogen (secondary N) is 1. The van der Waals surface area contributed by atoms with E-state index in [-0.39, 0.29) is 18.0 Å². The SMILES string of the molecule is CCC(C)(CCO)NC(=O)c1nn(-c2ccccc2F)c(C)cc1=O. The highest BCUT2D eigenvalue weighted by Crippen LogP contribution is 2.15. The lowest BCUT2D eigenvalue weighted by Crippen LogP contribution is -2.48. The maximum Gasteiger partial charge on any atom is 0.276 e. The van der Waals surface area contributed by atoms with Crippen LogP contribution in [0, 0.1) is 12.7 Å². The van der Waals surface area contributed by atoms with Crippen LogP contribution < -0.4 is 10.7 Å². The molecule has 7 heteroatoms. The molecule has 0 aliphatic heterocycles. The number of hydrogen-bond acceptors (Lipinski definition) is 4. The molecule has 1 heterocycles. The molecule has 25 heavy (non-hydrogen) atoms. The molecule has 0 aliphatic carbocycles. The van der Waals surface area contributed by atoms with Gasteiger partial charge in [0.1, 0.15) is 11.5 Å². The molecule has 0 bridgehead atoms. The number of nitrogens with zero attached hydrogens (tertiary/aromatic N) is 2. The third kappa shape index (κ3) is 4.11. The molecule has 2 rings (SSSR count). The second kappa shape index (κ2) is 7.57. The van der Waals surface area contributed by atoms with Gasteiger partial charge in [0.05, 0.1) is 0 Å². The number of halogens is 1. The van der Waals surface area contributed by atoms with Gasteiger partial charge in [0.2, 0.25) is 5.43 Å². The topological polar surface area (TPSA) is 84.2 Å². The molecule has 0 radical (unpaired) electrons. The zero-order chi connectivity index (χ0) is 18.6. The highest BCUT2D eigenvalue weighted by molar-refractivity contribution is 5.92. The van der Waals surface area contributed by atoms with Crippen LogP contribution in [-0.4, -0.2) is 32.9 Å². The van der Waals surface area contributed by atoms with Gasteiger partial charge in [-0.05, 0) is 38.8 Å². The summed E-state index contributed by atoms with van der Waals surface area (Å²) in [7, 11) is 0. The van der Waals surface area contributed by atoms with E-state index >= 15 is 0 Å². The standard InChI is InChI=1S/C18H22FN3O3/c1-4-18(3,9-10-23)20-17(25)16-15(24)11-12(2)22(21-16)14-8-6-5-7-13(14)19/h5-8,11,23H,4,9-10H2,1-3H3,(H,20,25). The van der Waals surface area contributed by atoms with Crippen LogP contribution in [0.15, 0.2) is 35.1 Å². The summed E-state index contributed by atoms with van der Waals surface area (Å²) in [6, 6.07) is 7.25. The smallest absolute Gasteiger partial charge is 0.276 e. The molecule has 6 nitrogen and oxygen atoms in total. The second-order valence-electron chi connectivity index (χ2n) is 6.20. The van der Waals surface area contributed by atoms with E-state index in [9.17, 15) is 14.0 Å². The average molecular weight is 347 g/mol. The molecule has 0 saturated carbocycles.